The van der Waals surface area contributed by atoms with Gasteiger partial charge in [-0.2, -0.15) is 0 Å². The van der Waals surface area contributed by atoms with Crippen LogP contribution in [0, 0.1) is 0 Å². The summed E-state index contributed by atoms with van der Waals surface area (Å²) in [5.41, 5.74) is 0. The molecule has 1 fully saturated rings. The second kappa shape index (κ2) is 59.3. The number of amides is 1. The van der Waals surface area contributed by atoms with Gasteiger partial charge < -0.3 is 40.3 Å². The number of allylic oxidation sites excluding steroid dienone is 7. The van der Waals surface area contributed by atoms with E-state index in [9.17, 15) is 30.3 Å². The highest BCUT2D eigenvalue weighted by Gasteiger charge is 2.44. The molecule has 79 heavy (non-hydrogen) atoms. The summed E-state index contributed by atoms with van der Waals surface area (Å²) in [5.74, 6) is -0.172. The van der Waals surface area contributed by atoms with E-state index in [4.69, 9.17) is 9.47 Å². The number of carbonyl (C=O) groups is 1. The Morgan fingerprint density at radius 2 is 0.747 bits per heavy atom. The fourth-order valence-electron chi connectivity index (χ4n) is 11.0. The van der Waals surface area contributed by atoms with Crippen LogP contribution in [0.5, 0.6) is 0 Å². The van der Waals surface area contributed by atoms with Crippen molar-refractivity contribution in [2.45, 2.75) is 378 Å². The van der Waals surface area contributed by atoms with E-state index in [1.165, 1.54) is 263 Å². The summed E-state index contributed by atoms with van der Waals surface area (Å²) in [5, 5.41) is 54.8. The van der Waals surface area contributed by atoms with Gasteiger partial charge >= 0.3 is 0 Å². The summed E-state index contributed by atoms with van der Waals surface area (Å²) in [6.07, 6.45) is 73.5. The molecular formula is C70H131NO8. The molecule has 0 saturated carbocycles. The third-order valence-corrected chi connectivity index (χ3v) is 16.4. The summed E-state index contributed by atoms with van der Waals surface area (Å²) in [6.45, 7) is 3.81. The van der Waals surface area contributed by atoms with Gasteiger partial charge in [0.25, 0.3) is 0 Å². The van der Waals surface area contributed by atoms with Crippen LogP contribution >= 0.6 is 0 Å². The average Bonchev–Trinajstić information content (AvgIpc) is 3.47. The lowest BCUT2D eigenvalue weighted by atomic mass is 9.99. The van der Waals surface area contributed by atoms with Crippen molar-refractivity contribution >= 4 is 5.91 Å². The average molecular weight is 1110 g/mol. The lowest BCUT2D eigenvalue weighted by Gasteiger charge is -2.40. The molecule has 7 atom stereocenters. The zero-order valence-electron chi connectivity index (χ0n) is 51.9. The molecule has 0 aromatic rings. The van der Waals surface area contributed by atoms with Crippen LogP contribution < -0.4 is 5.32 Å². The Morgan fingerprint density at radius 3 is 1.10 bits per heavy atom. The van der Waals surface area contributed by atoms with E-state index in [0.717, 1.165) is 51.4 Å². The van der Waals surface area contributed by atoms with Crippen LogP contribution in [-0.2, 0) is 14.3 Å². The van der Waals surface area contributed by atoms with Gasteiger partial charge in [0, 0.05) is 6.42 Å². The molecule has 6 N–H and O–H groups in total. The van der Waals surface area contributed by atoms with Crippen molar-refractivity contribution < 1.29 is 39.8 Å². The minimum absolute atomic E-state index is 0.172. The van der Waals surface area contributed by atoms with E-state index in [0.29, 0.717) is 6.42 Å². The van der Waals surface area contributed by atoms with Crippen molar-refractivity contribution in [1.29, 1.82) is 0 Å². The third-order valence-electron chi connectivity index (χ3n) is 16.4. The molecule has 0 aromatic carbocycles. The maximum atomic E-state index is 13.1. The van der Waals surface area contributed by atoms with Crippen molar-refractivity contribution in [2.75, 3.05) is 13.2 Å². The summed E-state index contributed by atoms with van der Waals surface area (Å²) < 4.78 is 11.3. The van der Waals surface area contributed by atoms with E-state index >= 15 is 0 Å². The lowest BCUT2D eigenvalue weighted by Crippen LogP contribution is -2.60. The van der Waals surface area contributed by atoms with Gasteiger partial charge in [-0.1, -0.05) is 319 Å². The first kappa shape index (κ1) is 75.2. The largest absolute Gasteiger partial charge is 0.394 e. The molecule has 0 aliphatic carbocycles. The molecule has 0 aromatic heterocycles. The molecular weight excluding hydrogens is 983 g/mol. The van der Waals surface area contributed by atoms with Gasteiger partial charge in [-0.25, -0.2) is 0 Å². The Kier molecular flexibility index (Phi) is 56.4. The minimum atomic E-state index is -1.57. The molecule has 9 heteroatoms. The first-order valence-corrected chi connectivity index (χ1v) is 34.4. The summed E-state index contributed by atoms with van der Waals surface area (Å²) in [7, 11) is 0. The number of carbonyl (C=O) groups excluding carboxylic acids is 1. The van der Waals surface area contributed by atoms with Crippen molar-refractivity contribution in [3.63, 3.8) is 0 Å². The molecule has 0 spiro atoms. The normalized spacial score (nSPS) is 18.8. The topological polar surface area (TPSA) is 149 Å². The van der Waals surface area contributed by atoms with Crippen molar-refractivity contribution in [3.8, 4) is 0 Å². The number of rotatable bonds is 60. The minimum Gasteiger partial charge on any atom is -0.394 e. The smallest absolute Gasteiger partial charge is 0.220 e. The van der Waals surface area contributed by atoms with Crippen molar-refractivity contribution in [3.05, 3.63) is 48.6 Å². The fourth-order valence-corrected chi connectivity index (χ4v) is 11.0. The molecule has 1 aliphatic heterocycles. The molecule has 0 bridgehead atoms. The predicted octanol–water partition coefficient (Wildman–Crippen LogP) is 18.4. The Labute approximate surface area is 488 Å². The molecule has 9 nitrogen and oxygen atoms in total. The van der Waals surface area contributed by atoms with Crippen LogP contribution in [-0.4, -0.2) is 87.5 Å². The van der Waals surface area contributed by atoms with Gasteiger partial charge in [-0.05, 0) is 57.8 Å². The fraction of sp³-hybridized carbons (Fsp3) is 0.871. The van der Waals surface area contributed by atoms with E-state index in [1.807, 2.05) is 6.08 Å². The number of unbranched alkanes of at least 4 members (excludes halogenated alkanes) is 44. The summed E-state index contributed by atoms with van der Waals surface area (Å²) >= 11 is 0. The summed E-state index contributed by atoms with van der Waals surface area (Å²) in [4.78, 5) is 13.1. The number of nitrogens with one attached hydrogen (secondary N) is 1. The predicted molar refractivity (Wildman–Crippen MR) is 336 cm³/mol. The van der Waals surface area contributed by atoms with Gasteiger partial charge in [0.2, 0.25) is 5.91 Å². The molecule has 0 radical (unpaired) electrons. The lowest BCUT2D eigenvalue weighted by molar-refractivity contribution is -0.302. The second-order valence-corrected chi connectivity index (χ2v) is 24.0. The van der Waals surface area contributed by atoms with Crippen LogP contribution in [0.25, 0.3) is 0 Å². The van der Waals surface area contributed by atoms with Crippen molar-refractivity contribution in [2.24, 2.45) is 0 Å². The number of hydrogen-bond donors (Lipinski definition) is 6. The Hall–Kier alpha value is -1.85. The van der Waals surface area contributed by atoms with Gasteiger partial charge in [-0.3, -0.25) is 4.79 Å². The van der Waals surface area contributed by atoms with Gasteiger partial charge in [0.1, 0.15) is 24.4 Å². The molecule has 7 unspecified atom stereocenters. The first-order chi connectivity index (χ1) is 38.8. The van der Waals surface area contributed by atoms with Crippen LogP contribution in [0.3, 0.4) is 0 Å². The second-order valence-electron chi connectivity index (χ2n) is 24.0. The number of aliphatic hydroxyl groups excluding tert-OH is 5. The standard InChI is InChI=1S/C70H131NO8/c1-3-5-7-9-11-13-15-17-19-21-23-25-27-29-30-31-32-33-34-36-38-40-42-44-46-48-50-52-54-56-58-60-66(74)71-63(62-78-70-69(77)68(76)67(75)65(61-72)79-70)64(73)59-57-55-53-51-49-47-45-43-41-39-37-35-28-26-24-22-20-18-16-14-12-10-8-6-4-2/h15,17,21,23,27,29,57,59,63-65,67-70,72-73,75-77H,3-14,16,18-20,22,24-26,28,30-56,58,60-62H2,1-2H3,(H,71,74)/b17-15-,23-21-,29-27-,59-57+. The number of hydrogen-bond acceptors (Lipinski definition) is 8. The Balaban J connectivity index is 2.14. The van der Waals surface area contributed by atoms with Crippen molar-refractivity contribution in [1.82, 2.24) is 5.32 Å². The molecule has 1 aliphatic rings. The molecule has 464 valence electrons. The van der Waals surface area contributed by atoms with E-state index in [-0.39, 0.29) is 12.5 Å². The highest BCUT2D eigenvalue weighted by Crippen LogP contribution is 2.23. The first-order valence-electron chi connectivity index (χ1n) is 34.4. The molecule has 1 rings (SSSR count). The maximum absolute atomic E-state index is 13.1. The van der Waals surface area contributed by atoms with E-state index in [1.54, 1.807) is 6.08 Å². The van der Waals surface area contributed by atoms with Crippen LogP contribution in [0.1, 0.15) is 335 Å². The molecule has 1 amide bonds. The highest BCUT2D eigenvalue weighted by molar-refractivity contribution is 5.76. The molecule has 1 heterocycles. The van der Waals surface area contributed by atoms with Crippen LogP contribution in [0.4, 0.5) is 0 Å². The molecule has 1 saturated heterocycles. The van der Waals surface area contributed by atoms with Crippen LogP contribution in [0.2, 0.25) is 0 Å². The van der Waals surface area contributed by atoms with E-state index < -0.39 is 49.5 Å². The Morgan fingerprint density at radius 1 is 0.430 bits per heavy atom. The maximum Gasteiger partial charge on any atom is 0.220 e. The third kappa shape index (κ3) is 48.3. The monoisotopic (exact) mass is 1110 g/mol. The van der Waals surface area contributed by atoms with Gasteiger partial charge in [-0.15, -0.1) is 0 Å². The number of aliphatic hydroxyl groups is 5. The summed E-state index contributed by atoms with van der Waals surface area (Å²) in [6, 6.07) is -0.807. The Bertz CT molecular complexity index is 1380. The zero-order chi connectivity index (χ0) is 57.2. The highest BCUT2D eigenvalue weighted by atomic mass is 16.7. The quantitative estimate of drug-likeness (QED) is 0.0261. The van der Waals surface area contributed by atoms with E-state index in [2.05, 4.69) is 55.6 Å². The van der Waals surface area contributed by atoms with Crippen LogP contribution in [0.15, 0.2) is 48.6 Å². The number of ether oxygens (including phenoxy) is 2. The SMILES string of the molecule is CCCCCCC/C=C\C/C=C\C/C=C\CCCCCCCCCCCCCCCCCCC(=O)NC(COC1OC(CO)C(O)C(O)C1O)C(O)/C=C/CCCCCCCCCCCCCCCCCCCCCCCCC. The van der Waals surface area contributed by atoms with Gasteiger partial charge in [0.05, 0.1) is 25.4 Å². The van der Waals surface area contributed by atoms with Gasteiger partial charge in [0.15, 0.2) is 6.29 Å². The zero-order valence-corrected chi connectivity index (χ0v) is 51.9.